The molecule has 0 saturated heterocycles. The zero-order valence-corrected chi connectivity index (χ0v) is 18.7. The van der Waals surface area contributed by atoms with Crippen molar-refractivity contribution in [1.82, 2.24) is 0 Å². The number of fused-ring (bicyclic) bond motifs is 1. The van der Waals surface area contributed by atoms with Crippen LogP contribution in [0.5, 0.6) is 0 Å². The van der Waals surface area contributed by atoms with Crippen LogP contribution >= 0.6 is 0 Å². The van der Waals surface area contributed by atoms with E-state index in [1.54, 1.807) is 22.3 Å². The summed E-state index contributed by atoms with van der Waals surface area (Å²) in [5.41, 5.74) is 10.1. The fourth-order valence-corrected chi connectivity index (χ4v) is 6.39. The van der Waals surface area contributed by atoms with Gasteiger partial charge in [-0.1, -0.05) is 65.8 Å². The molecule has 2 aromatic carbocycles. The van der Waals surface area contributed by atoms with E-state index in [0.717, 1.165) is 0 Å². The number of nitrogens with zero attached hydrogens (tertiary/aromatic N) is 1. The lowest BCUT2D eigenvalue weighted by molar-refractivity contribution is 0.287. The lowest BCUT2D eigenvalue weighted by atomic mass is 9.59. The van der Waals surface area contributed by atoms with E-state index >= 15 is 0 Å². The number of hydrogen-bond donors (Lipinski definition) is 0. The van der Waals surface area contributed by atoms with Gasteiger partial charge in [-0.15, -0.1) is 0 Å². The molecule has 3 aliphatic rings. The lowest BCUT2D eigenvalue weighted by Gasteiger charge is -2.60. The van der Waals surface area contributed by atoms with E-state index in [-0.39, 0.29) is 21.8 Å². The van der Waals surface area contributed by atoms with E-state index in [0.29, 0.717) is 0 Å². The molecule has 1 heterocycles. The zero-order valence-electron chi connectivity index (χ0n) is 18.7. The molecule has 1 atom stereocenters. The van der Waals surface area contributed by atoms with Crippen molar-refractivity contribution in [3.63, 3.8) is 0 Å². The molecule has 0 fully saturated rings. The summed E-state index contributed by atoms with van der Waals surface area (Å²) in [6.07, 6.45) is 5.01. The maximum absolute atomic E-state index is 2.70. The van der Waals surface area contributed by atoms with Crippen molar-refractivity contribution in [1.29, 1.82) is 0 Å². The lowest BCUT2D eigenvalue weighted by Crippen LogP contribution is -2.55. The molecule has 1 nitrogen and oxygen atoms in total. The largest absolute Gasteiger partial charge is 0.331 e. The number of benzene rings is 2. The first-order chi connectivity index (χ1) is 13.0. The average Bonchev–Trinajstić information content (AvgIpc) is 2.62. The predicted molar refractivity (Wildman–Crippen MR) is 120 cm³/mol. The highest BCUT2D eigenvalue weighted by atomic mass is 15.3. The van der Waals surface area contributed by atoms with Gasteiger partial charge in [0.15, 0.2) is 0 Å². The highest BCUT2D eigenvalue weighted by Crippen LogP contribution is 2.63. The molecule has 2 aliphatic carbocycles. The molecule has 1 heteroatoms. The van der Waals surface area contributed by atoms with Gasteiger partial charge in [-0.3, -0.25) is 0 Å². The Balaban J connectivity index is 1.76. The fourth-order valence-electron chi connectivity index (χ4n) is 6.39. The van der Waals surface area contributed by atoms with Crippen molar-refractivity contribution in [2.45, 2.75) is 95.9 Å². The van der Waals surface area contributed by atoms with Crippen LogP contribution in [0.15, 0.2) is 36.4 Å². The van der Waals surface area contributed by atoms with Gasteiger partial charge < -0.3 is 4.90 Å². The fraction of sp³-hybridized carbons (Fsp3) is 0.556. The molecular formula is C27H35N. The summed E-state index contributed by atoms with van der Waals surface area (Å²) in [5.74, 6) is 0. The number of anilines is 2. The van der Waals surface area contributed by atoms with Crippen molar-refractivity contribution in [2.24, 2.45) is 0 Å². The molecule has 2 aromatic rings. The topological polar surface area (TPSA) is 3.24 Å². The normalized spacial score (nSPS) is 28.2. The molecule has 0 amide bonds. The van der Waals surface area contributed by atoms with Gasteiger partial charge in [-0.25, -0.2) is 0 Å². The van der Waals surface area contributed by atoms with Crippen LogP contribution in [-0.2, 0) is 21.8 Å². The first-order valence-electron chi connectivity index (χ1n) is 11.1. The minimum atomic E-state index is 0.133. The van der Waals surface area contributed by atoms with Crippen LogP contribution in [0.25, 0.3) is 0 Å². The second-order valence-electron chi connectivity index (χ2n) is 11.7. The molecule has 0 saturated carbocycles. The Hall–Kier alpha value is -1.76. The molecule has 5 rings (SSSR count). The van der Waals surface area contributed by atoms with Gasteiger partial charge in [0.05, 0.1) is 5.54 Å². The standard InChI is InChI=1S/C27H35N/c1-24(2)14-15-26(5,6)22-18(24)10-8-12-20(22)28-21-13-9-11-19-23(21)27(28,7)17-16-25(19,3)4/h8-13H,14-17H2,1-7H3. The van der Waals surface area contributed by atoms with E-state index in [1.165, 1.54) is 37.1 Å². The van der Waals surface area contributed by atoms with Crippen LogP contribution in [0.4, 0.5) is 11.4 Å². The molecule has 0 aromatic heterocycles. The van der Waals surface area contributed by atoms with Crippen molar-refractivity contribution in [3.05, 3.63) is 58.7 Å². The van der Waals surface area contributed by atoms with Crippen LogP contribution in [0.1, 0.15) is 96.4 Å². The Labute approximate surface area is 171 Å². The molecular weight excluding hydrogens is 338 g/mol. The Bertz CT molecular complexity index is 978. The quantitative estimate of drug-likeness (QED) is 0.501. The van der Waals surface area contributed by atoms with Gasteiger partial charge in [0.2, 0.25) is 0 Å². The van der Waals surface area contributed by atoms with Crippen LogP contribution in [0.3, 0.4) is 0 Å². The van der Waals surface area contributed by atoms with Crippen LogP contribution in [0, 0.1) is 0 Å². The van der Waals surface area contributed by atoms with E-state index in [9.17, 15) is 0 Å². The molecule has 1 unspecified atom stereocenters. The Morgan fingerprint density at radius 2 is 1.04 bits per heavy atom. The molecule has 0 bridgehead atoms. The van der Waals surface area contributed by atoms with Crippen molar-refractivity contribution >= 4 is 11.4 Å². The Morgan fingerprint density at radius 1 is 0.571 bits per heavy atom. The van der Waals surface area contributed by atoms with Crippen LogP contribution < -0.4 is 4.90 Å². The average molecular weight is 374 g/mol. The van der Waals surface area contributed by atoms with Gasteiger partial charge in [-0.2, -0.15) is 0 Å². The first-order valence-corrected chi connectivity index (χ1v) is 11.1. The highest BCUT2D eigenvalue weighted by molar-refractivity contribution is 5.84. The maximum atomic E-state index is 2.70. The molecule has 0 radical (unpaired) electrons. The third kappa shape index (κ3) is 2.14. The minimum absolute atomic E-state index is 0.133. The van der Waals surface area contributed by atoms with Gasteiger partial charge in [0, 0.05) is 16.9 Å². The van der Waals surface area contributed by atoms with Crippen LogP contribution in [-0.4, -0.2) is 0 Å². The summed E-state index contributed by atoms with van der Waals surface area (Å²) in [6, 6.07) is 14.1. The third-order valence-corrected chi connectivity index (χ3v) is 8.35. The molecule has 0 N–H and O–H groups in total. The Morgan fingerprint density at radius 3 is 1.64 bits per heavy atom. The van der Waals surface area contributed by atoms with Crippen molar-refractivity contribution in [3.8, 4) is 0 Å². The molecule has 148 valence electrons. The van der Waals surface area contributed by atoms with Crippen molar-refractivity contribution in [2.75, 3.05) is 4.90 Å². The summed E-state index contributed by atoms with van der Waals surface area (Å²) < 4.78 is 0. The van der Waals surface area contributed by atoms with E-state index < -0.39 is 0 Å². The monoisotopic (exact) mass is 373 g/mol. The second-order valence-corrected chi connectivity index (χ2v) is 11.7. The van der Waals surface area contributed by atoms with E-state index in [2.05, 4.69) is 89.8 Å². The maximum Gasteiger partial charge on any atom is 0.0698 e. The van der Waals surface area contributed by atoms with Crippen molar-refractivity contribution < 1.29 is 0 Å². The van der Waals surface area contributed by atoms with Gasteiger partial charge >= 0.3 is 0 Å². The SMILES string of the molecule is CC1(C)CCC(C)(C)c2c(N3c4cccc5c4C3(C)CCC5(C)C)cccc21. The van der Waals surface area contributed by atoms with Gasteiger partial charge in [0.1, 0.15) is 0 Å². The Kier molecular flexibility index (Phi) is 3.42. The number of rotatable bonds is 1. The van der Waals surface area contributed by atoms with Gasteiger partial charge in [0.25, 0.3) is 0 Å². The summed E-state index contributed by atoms with van der Waals surface area (Å²) in [5, 5.41) is 0. The van der Waals surface area contributed by atoms with Gasteiger partial charge in [-0.05, 0) is 77.7 Å². The molecule has 1 aliphatic heterocycles. The predicted octanol–water partition coefficient (Wildman–Crippen LogP) is 7.47. The second kappa shape index (κ2) is 5.23. The third-order valence-electron chi connectivity index (χ3n) is 8.35. The zero-order chi connectivity index (χ0) is 20.1. The number of hydrogen-bond acceptors (Lipinski definition) is 1. The van der Waals surface area contributed by atoms with E-state index in [1.807, 2.05) is 0 Å². The molecule has 28 heavy (non-hydrogen) atoms. The first kappa shape index (κ1) is 18.3. The van der Waals surface area contributed by atoms with Crippen LogP contribution in [0.2, 0.25) is 0 Å². The smallest absolute Gasteiger partial charge is 0.0698 e. The summed E-state index contributed by atoms with van der Waals surface area (Å²) in [6.45, 7) is 17.1. The minimum Gasteiger partial charge on any atom is -0.331 e. The summed E-state index contributed by atoms with van der Waals surface area (Å²) in [7, 11) is 0. The summed E-state index contributed by atoms with van der Waals surface area (Å²) >= 11 is 0. The summed E-state index contributed by atoms with van der Waals surface area (Å²) in [4.78, 5) is 2.70. The highest BCUT2D eigenvalue weighted by Gasteiger charge is 2.54. The molecule has 0 spiro atoms. The van der Waals surface area contributed by atoms with E-state index in [4.69, 9.17) is 0 Å².